The van der Waals surface area contributed by atoms with Gasteiger partial charge in [0.25, 0.3) is 0 Å². The van der Waals surface area contributed by atoms with E-state index < -0.39 is 0 Å². The van der Waals surface area contributed by atoms with Crippen LogP contribution in [0, 0.1) is 5.92 Å². The zero-order valence-corrected chi connectivity index (χ0v) is 12.8. The Hall–Kier alpha value is -0.900. The average Bonchev–Trinajstić information content (AvgIpc) is 2.43. The fourth-order valence-corrected chi connectivity index (χ4v) is 3.05. The van der Waals surface area contributed by atoms with Crippen molar-refractivity contribution in [2.75, 3.05) is 26.7 Å². The highest BCUT2D eigenvalue weighted by Gasteiger charge is 2.27. The van der Waals surface area contributed by atoms with Gasteiger partial charge in [0.05, 0.1) is 6.10 Å². The van der Waals surface area contributed by atoms with E-state index in [-0.39, 0.29) is 6.10 Å². The number of benzene rings is 1. The van der Waals surface area contributed by atoms with Crippen molar-refractivity contribution in [1.29, 1.82) is 0 Å². The normalized spacial score (nSPS) is 23.6. The van der Waals surface area contributed by atoms with Crippen LogP contribution in [0.5, 0.6) is 0 Å². The van der Waals surface area contributed by atoms with Crippen molar-refractivity contribution in [3.05, 3.63) is 35.9 Å². The number of rotatable bonds is 8. The summed E-state index contributed by atoms with van der Waals surface area (Å²) >= 11 is 0. The largest absolute Gasteiger partial charge is 0.393 e. The lowest BCUT2D eigenvalue weighted by molar-refractivity contribution is 0.0279. The highest BCUT2D eigenvalue weighted by Crippen LogP contribution is 2.27. The lowest BCUT2D eigenvalue weighted by Crippen LogP contribution is -2.38. The van der Waals surface area contributed by atoms with Gasteiger partial charge in [0.2, 0.25) is 0 Å². The van der Waals surface area contributed by atoms with Crippen molar-refractivity contribution in [2.45, 2.75) is 38.3 Å². The minimum atomic E-state index is -0.0350. The number of hydrogen-bond donors (Lipinski definition) is 2. The van der Waals surface area contributed by atoms with Crippen LogP contribution in [0.2, 0.25) is 0 Å². The smallest absolute Gasteiger partial charge is 0.0546 e. The van der Waals surface area contributed by atoms with Crippen molar-refractivity contribution >= 4 is 0 Å². The van der Waals surface area contributed by atoms with E-state index in [1.54, 1.807) is 0 Å². The Bertz CT molecular complexity index is 376. The summed E-state index contributed by atoms with van der Waals surface area (Å²) in [6.45, 7) is 5.37. The number of nitrogens with one attached hydrogen (secondary N) is 1. The van der Waals surface area contributed by atoms with Crippen molar-refractivity contribution in [2.24, 2.45) is 5.92 Å². The molecule has 1 aliphatic carbocycles. The van der Waals surface area contributed by atoms with Gasteiger partial charge in [-0.25, -0.2) is 0 Å². The van der Waals surface area contributed by atoms with Gasteiger partial charge in [0, 0.05) is 12.6 Å². The lowest BCUT2D eigenvalue weighted by atomic mass is 9.82. The topological polar surface area (TPSA) is 35.5 Å². The highest BCUT2D eigenvalue weighted by molar-refractivity contribution is 5.18. The number of nitrogens with zero attached hydrogens (tertiary/aromatic N) is 1. The van der Waals surface area contributed by atoms with E-state index in [0.717, 1.165) is 38.9 Å². The van der Waals surface area contributed by atoms with Crippen LogP contribution >= 0.6 is 0 Å². The molecule has 0 bridgehead atoms. The molecule has 0 saturated heterocycles. The standard InChI is InChI=1S/C17H28N2O/c1-3-18-17(15-7-5-4-6-8-15)9-10-19(2)13-14-11-16(20)12-14/h4-8,14,16-18,20H,3,9-13H2,1-2H3. The van der Waals surface area contributed by atoms with Gasteiger partial charge in [-0.1, -0.05) is 37.3 Å². The molecule has 0 heterocycles. The fraction of sp³-hybridized carbons (Fsp3) is 0.647. The van der Waals surface area contributed by atoms with Gasteiger partial charge in [0.1, 0.15) is 0 Å². The second-order valence-electron chi connectivity index (χ2n) is 6.06. The maximum Gasteiger partial charge on any atom is 0.0546 e. The van der Waals surface area contributed by atoms with Crippen LogP contribution in [0.15, 0.2) is 30.3 Å². The van der Waals surface area contributed by atoms with Crippen LogP contribution in [-0.4, -0.2) is 42.8 Å². The Morgan fingerprint density at radius 2 is 2.00 bits per heavy atom. The number of hydrogen-bond acceptors (Lipinski definition) is 3. The van der Waals surface area contributed by atoms with E-state index in [9.17, 15) is 5.11 Å². The van der Waals surface area contributed by atoms with Crippen LogP contribution in [0.25, 0.3) is 0 Å². The number of aliphatic hydroxyl groups is 1. The van der Waals surface area contributed by atoms with E-state index in [1.807, 2.05) is 0 Å². The van der Waals surface area contributed by atoms with Gasteiger partial charge in [0.15, 0.2) is 0 Å². The van der Waals surface area contributed by atoms with Gasteiger partial charge in [-0.3, -0.25) is 0 Å². The Morgan fingerprint density at radius 1 is 1.30 bits per heavy atom. The molecule has 20 heavy (non-hydrogen) atoms. The van der Waals surface area contributed by atoms with E-state index >= 15 is 0 Å². The second-order valence-corrected chi connectivity index (χ2v) is 6.06. The molecule has 3 heteroatoms. The van der Waals surface area contributed by atoms with Crippen molar-refractivity contribution in [3.63, 3.8) is 0 Å². The SMILES string of the molecule is CCNC(CCN(C)CC1CC(O)C1)c1ccccc1. The third kappa shape index (κ3) is 4.58. The molecular weight excluding hydrogens is 248 g/mol. The van der Waals surface area contributed by atoms with E-state index in [1.165, 1.54) is 5.56 Å². The molecule has 2 rings (SSSR count). The van der Waals surface area contributed by atoms with Crippen LogP contribution in [-0.2, 0) is 0 Å². The van der Waals surface area contributed by atoms with Gasteiger partial charge < -0.3 is 15.3 Å². The molecule has 112 valence electrons. The summed E-state index contributed by atoms with van der Waals surface area (Å²) in [6.07, 6.45) is 3.07. The zero-order valence-electron chi connectivity index (χ0n) is 12.8. The summed E-state index contributed by atoms with van der Waals surface area (Å²) < 4.78 is 0. The first-order valence-corrected chi connectivity index (χ1v) is 7.84. The van der Waals surface area contributed by atoms with Crippen LogP contribution in [0.1, 0.15) is 37.8 Å². The molecule has 1 unspecified atom stereocenters. The maximum absolute atomic E-state index is 9.34. The summed E-state index contributed by atoms with van der Waals surface area (Å²) in [7, 11) is 2.19. The van der Waals surface area contributed by atoms with Gasteiger partial charge in [-0.2, -0.15) is 0 Å². The van der Waals surface area contributed by atoms with E-state index in [0.29, 0.717) is 12.0 Å². The summed E-state index contributed by atoms with van der Waals surface area (Å²) in [5.41, 5.74) is 1.38. The minimum Gasteiger partial charge on any atom is -0.393 e. The molecule has 3 nitrogen and oxygen atoms in total. The average molecular weight is 276 g/mol. The Labute approximate surface area is 123 Å². The summed E-state index contributed by atoms with van der Waals surface area (Å²) in [5.74, 6) is 0.698. The summed E-state index contributed by atoms with van der Waals surface area (Å²) in [5, 5.41) is 12.9. The van der Waals surface area contributed by atoms with E-state index in [4.69, 9.17) is 0 Å². The molecule has 2 N–H and O–H groups in total. The van der Waals surface area contributed by atoms with Crippen LogP contribution in [0.3, 0.4) is 0 Å². The molecule has 0 amide bonds. The second kappa shape index (κ2) is 7.77. The van der Waals surface area contributed by atoms with E-state index in [2.05, 4.69) is 54.5 Å². The number of aliphatic hydroxyl groups excluding tert-OH is 1. The molecule has 0 radical (unpaired) electrons. The Balaban J connectivity index is 1.77. The monoisotopic (exact) mass is 276 g/mol. The van der Waals surface area contributed by atoms with Gasteiger partial charge >= 0.3 is 0 Å². The molecule has 1 aromatic rings. The minimum absolute atomic E-state index is 0.0350. The van der Waals surface area contributed by atoms with Crippen molar-refractivity contribution in [3.8, 4) is 0 Å². The highest BCUT2D eigenvalue weighted by atomic mass is 16.3. The van der Waals surface area contributed by atoms with Gasteiger partial charge in [-0.15, -0.1) is 0 Å². The predicted octanol–water partition coefficient (Wildman–Crippen LogP) is 2.43. The Kier molecular flexibility index (Phi) is 6.02. The first kappa shape index (κ1) is 15.5. The quantitative estimate of drug-likeness (QED) is 0.765. The lowest BCUT2D eigenvalue weighted by Gasteiger charge is -2.34. The third-order valence-corrected chi connectivity index (χ3v) is 4.23. The van der Waals surface area contributed by atoms with Crippen molar-refractivity contribution in [1.82, 2.24) is 10.2 Å². The molecular formula is C17H28N2O. The van der Waals surface area contributed by atoms with Crippen molar-refractivity contribution < 1.29 is 5.11 Å². The summed E-state index contributed by atoms with van der Waals surface area (Å²) in [6, 6.07) is 11.1. The van der Waals surface area contributed by atoms with Gasteiger partial charge in [-0.05, 0) is 50.9 Å². The first-order valence-electron chi connectivity index (χ1n) is 7.84. The zero-order chi connectivity index (χ0) is 14.4. The molecule has 1 fully saturated rings. The fourth-order valence-electron chi connectivity index (χ4n) is 3.05. The predicted molar refractivity (Wildman–Crippen MR) is 83.7 cm³/mol. The van der Waals surface area contributed by atoms with Crippen LogP contribution in [0.4, 0.5) is 0 Å². The molecule has 0 aromatic heterocycles. The van der Waals surface area contributed by atoms with Crippen LogP contribution < -0.4 is 5.32 Å². The molecule has 1 atom stereocenters. The molecule has 1 saturated carbocycles. The molecule has 0 spiro atoms. The maximum atomic E-state index is 9.34. The summed E-state index contributed by atoms with van der Waals surface area (Å²) in [4.78, 5) is 2.41. The molecule has 1 aromatic carbocycles. The molecule has 1 aliphatic rings. The Morgan fingerprint density at radius 3 is 2.60 bits per heavy atom. The first-order chi connectivity index (χ1) is 9.69. The third-order valence-electron chi connectivity index (χ3n) is 4.23. The molecule has 0 aliphatic heterocycles.